The normalized spacial score (nSPS) is 12.0. The Morgan fingerprint density at radius 2 is 1.39 bits per heavy atom. The van der Waals surface area contributed by atoms with E-state index in [4.69, 9.17) is 20.3 Å². The van der Waals surface area contributed by atoms with Gasteiger partial charge in [-0.15, -0.1) is 0 Å². The predicted octanol–water partition coefficient (Wildman–Crippen LogP) is 6.69. The van der Waals surface area contributed by atoms with E-state index in [9.17, 15) is 0 Å². The summed E-state index contributed by atoms with van der Waals surface area (Å²) in [5.74, 6) is 1.58. The molecule has 0 amide bonds. The molecule has 0 N–H and O–H groups in total. The average molecular weight is 353 g/mol. The van der Waals surface area contributed by atoms with Crippen LogP contribution in [0, 0.1) is 13.8 Å². The third-order valence-corrected chi connectivity index (χ3v) is 6.66. The summed E-state index contributed by atoms with van der Waals surface area (Å²) in [6.07, 6.45) is 4.07. The van der Waals surface area contributed by atoms with Crippen molar-refractivity contribution < 1.29 is 9.05 Å². The third kappa shape index (κ3) is 6.05. The van der Waals surface area contributed by atoms with Crippen molar-refractivity contribution in [2.24, 2.45) is 0 Å². The second-order valence-corrected chi connectivity index (χ2v) is 9.91. The predicted molar refractivity (Wildman–Crippen MR) is 102 cm³/mol. The topological polar surface area (TPSA) is 18.5 Å². The second-order valence-electron chi connectivity index (χ2n) is 5.95. The van der Waals surface area contributed by atoms with Gasteiger partial charge >= 0.3 is 145 Å². The Kier molecular flexibility index (Phi) is 6.74. The molecule has 2 aromatic carbocycles. The van der Waals surface area contributed by atoms with Crippen LogP contribution in [0.1, 0.15) is 37.3 Å². The molecule has 0 saturated heterocycles. The van der Waals surface area contributed by atoms with Crippen LogP contribution in [0.15, 0.2) is 48.5 Å². The molecule has 0 fully saturated rings. The zero-order chi connectivity index (χ0) is 16.7. The number of halogens is 1. The first kappa shape index (κ1) is 18.1. The molecule has 23 heavy (non-hydrogen) atoms. The van der Waals surface area contributed by atoms with Crippen molar-refractivity contribution in [1.29, 1.82) is 0 Å². The van der Waals surface area contributed by atoms with Crippen LogP contribution in [-0.2, 0) is 0 Å². The monoisotopic (exact) mass is 352 g/mol. The van der Waals surface area contributed by atoms with Crippen LogP contribution >= 0.6 is 18.3 Å². The van der Waals surface area contributed by atoms with Gasteiger partial charge in [0.05, 0.1) is 0 Å². The Morgan fingerprint density at radius 1 is 0.870 bits per heavy atom. The molecule has 0 aliphatic rings. The minimum atomic E-state index is -2.84. The number of hydrogen-bond donors (Lipinski definition) is 0. The quantitative estimate of drug-likeness (QED) is 0.389. The van der Waals surface area contributed by atoms with Gasteiger partial charge in [0.15, 0.2) is 0 Å². The fourth-order valence-electron chi connectivity index (χ4n) is 2.42. The molecule has 2 rings (SSSR count). The molecule has 2 aromatic rings. The summed E-state index contributed by atoms with van der Waals surface area (Å²) in [5.41, 5.74) is 2.30. The van der Waals surface area contributed by atoms with E-state index >= 15 is 0 Å². The fraction of sp³-hybridized carbons (Fsp3) is 0.368. The summed E-state index contributed by atoms with van der Waals surface area (Å²) in [6.45, 7) is 6.27. The molecule has 0 atom stereocenters. The van der Waals surface area contributed by atoms with Gasteiger partial charge in [-0.25, -0.2) is 0 Å². The van der Waals surface area contributed by atoms with E-state index < -0.39 is 7.07 Å². The number of hydrogen-bond acceptors (Lipinski definition) is 2. The van der Waals surface area contributed by atoms with Crippen LogP contribution in [0.25, 0.3) is 0 Å². The summed E-state index contributed by atoms with van der Waals surface area (Å²) in [5, 5.41) is 0. The van der Waals surface area contributed by atoms with Crippen molar-refractivity contribution >= 4 is 18.3 Å². The standard InChI is InChI=1S/C19H26ClO2P/c1-4-5-6-13-23(20,21-18-11-7-9-16(2)14-18)22-19-12-8-10-17(3)15-19/h7-12,14-15,23H,4-6,13H2,1-3H3. The minimum absolute atomic E-state index is 0.768. The number of aryl methyl sites for hydroxylation is 2. The Morgan fingerprint density at radius 3 is 1.83 bits per heavy atom. The van der Waals surface area contributed by atoms with E-state index in [0.29, 0.717) is 0 Å². The van der Waals surface area contributed by atoms with Gasteiger partial charge in [-0.2, -0.15) is 0 Å². The van der Waals surface area contributed by atoms with Crippen LogP contribution in [0.2, 0.25) is 0 Å². The molecule has 0 aliphatic carbocycles. The SMILES string of the molecule is CCCCC[PH](Cl)(Oc1cccc(C)c1)Oc1cccc(C)c1. The van der Waals surface area contributed by atoms with Crippen LogP contribution in [-0.4, -0.2) is 6.16 Å². The van der Waals surface area contributed by atoms with Gasteiger partial charge in [-0.1, -0.05) is 0 Å². The summed E-state index contributed by atoms with van der Waals surface area (Å²) >= 11 is 6.84. The van der Waals surface area contributed by atoms with Gasteiger partial charge in [-0.05, 0) is 0 Å². The van der Waals surface area contributed by atoms with Crippen LogP contribution in [0.3, 0.4) is 0 Å². The van der Waals surface area contributed by atoms with E-state index in [1.54, 1.807) is 0 Å². The van der Waals surface area contributed by atoms with Crippen molar-refractivity contribution in [2.45, 2.75) is 40.0 Å². The zero-order valence-electron chi connectivity index (χ0n) is 14.1. The molecule has 0 saturated carbocycles. The molecule has 0 aliphatic heterocycles. The van der Waals surface area contributed by atoms with Gasteiger partial charge in [0.1, 0.15) is 0 Å². The van der Waals surface area contributed by atoms with Crippen LogP contribution in [0.4, 0.5) is 0 Å². The first-order chi connectivity index (χ1) is 11.0. The number of benzene rings is 2. The molecular weight excluding hydrogens is 327 g/mol. The van der Waals surface area contributed by atoms with Crippen molar-refractivity contribution in [3.63, 3.8) is 0 Å². The first-order valence-electron chi connectivity index (χ1n) is 8.21. The van der Waals surface area contributed by atoms with E-state index in [1.807, 2.05) is 62.4 Å². The molecule has 126 valence electrons. The number of rotatable bonds is 8. The molecular formula is C19H26ClO2P. The maximum atomic E-state index is 6.84. The van der Waals surface area contributed by atoms with Gasteiger partial charge in [-0.3, -0.25) is 0 Å². The Balaban J connectivity index is 2.16. The van der Waals surface area contributed by atoms with Gasteiger partial charge in [0, 0.05) is 0 Å². The molecule has 0 bridgehead atoms. The first-order valence-corrected chi connectivity index (χ1v) is 11.2. The molecule has 0 heterocycles. The average Bonchev–Trinajstić information content (AvgIpc) is 2.47. The van der Waals surface area contributed by atoms with Crippen LogP contribution < -0.4 is 9.05 Å². The van der Waals surface area contributed by atoms with E-state index in [-0.39, 0.29) is 0 Å². The summed E-state index contributed by atoms with van der Waals surface area (Å²) in [7, 11) is -2.84. The maximum absolute atomic E-state index is 6.84. The van der Waals surface area contributed by atoms with Crippen molar-refractivity contribution in [3.05, 3.63) is 59.7 Å². The Hall–Kier alpha value is -1.24. The Bertz CT molecular complexity index is 583. The van der Waals surface area contributed by atoms with Gasteiger partial charge < -0.3 is 0 Å². The van der Waals surface area contributed by atoms with E-state index in [0.717, 1.165) is 48.1 Å². The van der Waals surface area contributed by atoms with Crippen molar-refractivity contribution in [3.8, 4) is 11.5 Å². The summed E-state index contributed by atoms with van der Waals surface area (Å²) in [6, 6.07) is 15.9. The number of unbranched alkanes of at least 4 members (excludes halogenated alkanes) is 2. The third-order valence-electron chi connectivity index (χ3n) is 3.60. The molecule has 0 radical (unpaired) electrons. The Labute approximate surface area is 145 Å². The molecule has 4 heteroatoms. The zero-order valence-corrected chi connectivity index (χ0v) is 15.9. The molecule has 2 nitrogen and oxygen atoms in total. The van der Waals surface area contributed by atoms with Crippen LogP contribution in [0.5, 0.6) is 11.5 Å². The van der Waals surface area contributed by atoms with Gasteiger partial charge in [0.2, 0.25) is 0 Å². The molecule has 0 spiro atoms. The van der Waals surface area contributed by atoms with Crippen molar-refractivity contribution in [1.82, 2.24) is 0 Å². The molecule has 0 aromatic heterocycles. The van der Waals surface area contributed by atoms with Gasteiger partial charge in [0.25, 0.3) is 0 Å². The molecule has 0 unspecified atom stereocenters. The fourth-order valence-corrected chi connectivity index (χ4v) is 5.23. The van der Waals surface area contributed by atoms with E-state index in [2.05, 4.69) is 6.92 Å². The van der Waals surface area contributed by atoms with Crippen molar-refractivity contribution in [2.75, 3.05) is 6.16 Å². The summed E-state index contributed by atoms with van der Waals surface area (Å²) in [4.78, 5) is 0. The second kappa shape index (κ2) is 8.57. The van der Waals surface area contributed by atoms with E-state index in [1.165, 1.54) is 0 Å². The summed E-state index contributed by atoms with van der Waals surface area (Å²) < 4.78 is 12.3.